The van der Waals surface area contributed by atoms with E-state index in [1.807, 2.05) is 31.2 Å². The number of hydrogen-bond donors (Lipinski definition) is 1. The molecule has 1 N–H and O–H groups in total. The largest absolute Gasteiger partial charge is 0.326 e. The highest BCUT2D eigenvalue weighted by Gasteiger charge is 2.22. The lowest BCUT2D eigenvalue weighted by Crippen LogP contribution is -2.20. The average Bonchev–Trinajstić information content (AvgIpc) is 2.86. The number of anilines is 1. The molecule has 0 aromatic heterocycles. The van der Waals surface area contributed by atoms with Crippen LogP contribution in [0.2, 0.25) is 0 Å². The Bertz CT molecular complexity index is 444. The molecule has 2 heteroatoms. The normalized spacial score (nSPS) is 15.1. The highest BCUT2D eigenvalue weighted by atomic mass is 16.1. The molecule has 1 aromatic carbocycles. The fourth-order valence-electron chi connectivity index (χ4n) is 2.21. The summed E-state index contributed by atoms with van der Waals surface area (Å²) >= 11 is 0. The molecular formula is C15H17NO. The molecule has 1 amide bonds. The van der Waals surface area contributed by atoms with Crippen LogP contribution < -0.4 is 5.32 Å². The standard InChI is InChI=1S/C15H17NO/c1-2-5-12-8-10-14(11-9-12)16-15(17)13-6-3-4-7-13/h8-11,13H,3-4,6-7H2,1H3,(H,16,17). The van der Waals surface area contributed by atoms with Gasteiger partial charge in [0.25, 0.3) is 0 Å². The fraction of sp³-hybridized carbons (Fsp3) is 0.400. The van der Waals surface area contributed by atoms with Crippen molar-refractivity contribution >= 4 is 11.6 Å². The summed E-state index contributed by atoms with van der Waals surface area (Å²) in [7, 11) is 0. The van der Waals surface area contributed by atoms with Gasteiger partial charge in [-0.25, -0.2) is 0 Å². The van der Waals surface area contributed by atoms with Crippen molar-refractivity contribution in [2.75, 3.05) is 5.32 Å². The van der Waals surface area contributed by atoms with Crippen molar-refractivity contribution in [2.24, 2.45) is 5.92 Å². The smallest absolute Gasteiger partial charge is 0.227 e. The number of carbonyl (C=O) groups is 1. The maximum atomic E-state index is 11.9. The molecule has 88 valence electrons. The van der Waals surface area contributed by atoms with Crippen LogP contribution in [0.3, 0.4) is 0 Å². The molecule has 1 fully saturated rings. The maximum absolute atomic E-state index is 11.9. The van der Waals surface area contributed by atoms with Crippen molar-refractivity contribution in [2.45, 2.75) is 32.6 Å². The zero-order valence-corrected chi connectivity index (χ0v) is 10.1. The lowest BCUT2D eigenvalue weighted by atomic mass is 10.1. The van der Waals surface area contributed by atoms with Gasteiger partial charge in [-0.2, -0.15) is 0 Å². The van der Waals surface area contributed by atoms with E-state index in [1.165, 1.54) is 12.8 Å². The first-order valence-corrected chi connectivity index (χ1v) is 6.13. The van der Waals surface area contributed by atoms with Crippen LogP contribution in [-0.4, -0.2) is 5.91 Å². The van der Waals surface area contributed by atoms with Crippen molar-refractivity contribution in [1.29, 1.82) is 0 Å². The molecule has 1 aliphatic carbocycles. The van der Waals surface area contributed by atoms with Crippen LogP contribution in [0.1, 0.15) is 38.2 Å². The van der Waals surface area contributed by atoms with Gasteiger partial charge in [-0.15, -0.1) is 5.92 Å². The van der Waals surface area contributed by atoms with E-state index in [-0.39, 0.29) is 11.8 Å². The summed E-state index contributed by atoms with van der Waals surface area (Å²) in [5.41, 5.74) is 1.84. The molecule has 0 bridgehead atoms. The molecule has 2 rings (SSSR count). The molecule has 0 heterocycles. The third kappa shape index (κ3) is 3.10. The topological polar surface area (TPSA) is 29.1 Å². The Morgan fingerprint density at radius 1 is 1.24 bits per heavy atom. The van der Waals surface area contributed by atoms with Crippen LogP contribution in [0.5, 0.6) is 0 Å². The summed E-state index contributed by atoms with van der Waals surface area (Å²) in [5, 5.41) is 2.97. The summed E-state index contributed by atoms with van der Waals surface area (Å²) in [6, 6.07) is 7.68. The van der Waals surface area contributed by atoms with E-state index in [4.69, 9.17) is 0 Å². The zero-order valence-electron chi connectivity index (χ0n) is 10.1. The van der Waals surface area contributed by atoms with Crippen LogP contribution in [0.15, 0.2) is 24.3 Å². The molecular weight excluding hydrogens is 210 g/mol. The average molecular weight is 227 g/mol. The van der Waals surface area contributed by atoms with E-state index in [0.717, 1.165) is 24.1 Å². The highest BCUT2D eigenvalue weighted by Crippen LogP contribution is 2.25. The number of nitrogens with one attached hydrogen (secondary N) is 1. The highest BCUT2D eigenvalue weighted by molar-refractivity contribution is 5.92. The summed E-state index contributed by atoms with van der Waals surface area (Å²) in [4.78, 5) is 11.9. The Labute approximate surface area is 102 Å². The molecule has 1 aromatic rings. The number of hydrogen-bond acceptors (Lipinski definition) is 1. The molecule has 0 spiro atoms. The van der Waals surface area contributed by atoms with Crippen molar-refractivity contribution in [3.05, 3.63) is 29.8 Å². The van der Waals surface area contributed by atoms with E-state index in [2.05, 4.69) is 17.2 Å². The summed E-state index contributed by atoms with van der Waals surface area (Å²) in [6.45, 7) is 1.82. The van der Waals surface area contributed by atoms with Gasteiger partial charge in [0.15, 0.2) is 0 Å². The number of carbonyl (C=O) groups excluding carboxylic acids is 1. The minimum atomic E-state index is 0.164. The second-order valence-electron chi connectivity index (χ2n) is 4.42. The van der Waals surface area contributed by atoms with Gasteiger partial charge in [-0.3, -0.25) is 4.79 Å². The van der Waals surface area contributed by atoms with E-state index in [9.17, 15) is 4.79 Å². The SMILES string of the molecule is CC#Cc1ccc(NC(=O)C2CCCC2)cc1. The van der Waals surface area contributed by atoms with Crippen molar-refractivity contribution < 1.29 is 4.79 Å². The lowest BCUT2D eigenvalue weighted by Gasteiger charge is -2.10. The molecule has 17 heavy (non-hydrogen) atoms. The van der Waals surface area contributed by atoms with Gasteiger partial charge in [-0.1, -0.05) is 18.8 Å². The summed E-state index contributed by atoms with van der Waals surface area (Å²) < 4.78 is 0. The molecule has 0 unspecified atom stereocenters. The first-order chi connectivity index (χ1) is 8.29. The zero-order chi connectivity index (χ0) is 12.1. The quantitative estimate of drug-likeness (QED) is 0.772. The van der Waals surface area contributed by atoms with E-state index in [0.29, 0.717) is 0 Å². The Morgan fingerprint density at radius 3 is 2.47 bits per heavy atom. The summed E-state index contributed by atoms with van der Waals surface area (Å²) in [6.07, 6.45) is 4.43. The van der Waals surface area contributed by atoms with E-state index in [1.54, 1.807) is 0 Å². The Balaban J connectivity index is 1.97. The van der Waals surface area contributed by atoms with Crippen LogP contribution in [-0.2, 0) is 4.79 Å². The molecule has 0 saturated heterocycles. The Morgan fingerprint density at radius 2 is 1.88 bits per heavy atom. The molecule has 0 radical (unpaired) electrons. The van der Waals surface area contributed by atoms with Gasteiger partial charge in [0, 0.05) is 17.2 Å². The van der Waals surface area contributed by atoms with Crippen LogP contribution in [0.25, 0.3) is 0 Å². The van der Waals surface area contributed by atoms with Gasteiger partial charge in [0.2, 0.25) is 5.91 Å². The minimum absolute atomic E-state index is 0.164. The van der Waals surface area contributed by atoms with Gasteiger partial charge < -0.3 is 5.32 Å². The van der Waals surface area contributed by atoms with Gasteiger partial charge in [-0.05, 0) is 44.0 Å². The second kappa shape index (κ2) is 5.54. The molecule has 2 nitrogen and oxygen atoms in total. The van der Waals surface area contributed by atoms with E-state index < -0.39 is 0 Å². The molecule has 1 aliphatic rings. The lowest BCUT2D eigenvalue weighted by molar-refractivity contribution is -0.119. The number of rotatable bonds is 2. The van der Waals surface area contributed by atoms with Crippen molar-refractivity contribution in [3.63, 3.8) is 0 Å². The molecule has 0 aliphatic heterocycles. The maximum Gasteiger partial charge on any atom is 0.227 e. The van der Waals surface area contributed by atoms with Gasteiger partial charge in [0.1, 0.15) is 0 Å². The third-order valence-electron chi connectivity index (χ3n) is 3.15. The van der Waals surface area contributed by atoms with Crippen LogP contribution >= 0.6 is 0 Å². The third-order valence-corrected chi connectivity index (χ3v) is 3.15. The number of benzene rings is 1. The Kier molecular flexibility index (Phi) is 3.82. The van der Waals surface area contributed by atoms with Gasteiger partial charge in [0.05, 0.1) is 0 Å². The van der Waals surface area contributed by atoms with Crippen LogP contribution in [0, 0.1) is 17.8 Å². The van der Waals surface area contributed by atoms with Crippen molar-refractivity contribution in [1.82, 2.24) is 0 Å². The van der Waals surface area contributed by atoms with E-state index >= 15 is 0 Å². The molecule has 0 atom stereocenters. The second-order valence-corrected chi connectivity index (χ2v) is 4.42. The predicted octanol–water partition coefficient (Wildman–Crippen LogP) is 3.19. The number of amides is 1. The minimum Gasteiger partial charge on any atom is -0.326 e. The summed E-state index contributed by atoms with van der Waals surface area (Å²) in [5.74, 6) is 6.21. The van der Waals surface area contributed by atoms with Crippen molar-refractivity contribution in [3.8, 4) is 11.8 Å². The van der Waals surface area contributed by atoms with Gasteiger partial charge >= 0.3 is 0 Å². The fourth-order valence-corrected chi connectivity index (χ4v) is 2.21. The van der Waals surface area contributed by atoms with Crippen LogP contribution in [0.4, 0.5) is 5.69 Å². The first kappa shape index (κ1) is 11.7. The monoisotopic (exact) mass is 227 g/mol. The molecule has 1 saturated carbocycles. The predicted molar refractivity (Wildman–Crippen MR) is 69.6 cm³/mol. The first-order valence-electron chi connectivity index (χ1n) is 6.13. The Hall–Kier alpha value is -1.75.